The third kappa shape index (κ3) is 2.09. The molecule has 1 saturated heterocycles. The van der Waals surface area contributed by atoms with Crippen molar-refractivity contribution >= 4 is 45.2 Å². The number of fused-ring (bicyclic) bond motifs is 1. The number of aromatic hydroxyl groups is 1. The van der Waals surface area contributed by atoms with Crippen molar-refractivity contribution in [3.8, 4) is 5.88 Å². The highest BCUT2D eigenvalue weighted by atomic mass is 127. The molecule has 0 radical (unpaired) electrons. The molecule has 2 heterocycles. The first-order chi connectivity index (χ1) is 9.06. The van der Waals surface area contributed by atoms with Crippen LogP contribution in [0, 0.1) is 3.57 Å². The average molecular weight is 370 g/mol. The zero-order valence-electron chi connectivity index (χ0n) is 9.89. The summed E-state index contributed by atoms with van der Waals surface area (Å²) < 4.78 is 2.60. The van der Waals surface area contributed by atoms with E-state index in [0.717, 1.165) is 8.96 Å². The van der Waals surface area contributed by atoms with E-state index in [1.807, 2.05) is 18.2 Å². The van der Waals surface area contributed by atoms with Crippen LogP contribution in [0.4, 0.5) is 0 Å². The van der Waals surface area contributed by atoms with Crippen molar-refractivity contribution in [1.29, 1.82) is 0 Å². The van der Waals surface area contributed by atoms with Gasteiger partial charge in [0.05, 0.1) is 0 Å². The predicted octanol–water partition coefficient (Wildman–Crippen LogP) is 1.93. The summed E-state index contributed by atoms with van der Waals surface area (Å²) in [5.41, 5.74) is 0. The van der Waals surface area contributed by atoms with Crippen LogP contribution in [-0.2, 0) is 9.59 Å². The van der Waals surface area contributed by atoms with Gasteiger partial charge in [0.2, 0.25) is 11.8 Å². The van der Waals surface area contributed by atoms with Crippen LogP contribution in [0.3, 0.4) is 0 Å². The Hall–Kier alpha value is -1.57. The molecular formula is C13H11IN2O3. The SMILES string of the molecule is O=C1CCC(n2cc3cc(I)ccc3c2O)C(=O)N1. The molecule has 6 heteroatoms. The number of imide groups is 1. The zero-order valence-corrected chi connectivity index (χ0v) is 12.0. The minimum absolute atomic E-state index is 0.0703. The topological polar surface area (TPSA) is 71.3 Å². The number of piperidine rings is 1. The van der Waals surface area contributed by atoms with E-state index in [2.05, 4.69) is 27.9 Å². The Kier molecular flexibility index (Phi) is 2.96. The quantitative estimate of drug-likeness (QED) is 0.595. The van der Waals surface area contributed by atoms with Gasteiger partial charge >= 0.3 is 0 Å². The van der Waals surface area contributed by atoms with Crippen LogP contribution in [0.2, 0.25) is 0 Å². The van der Waals surface area contributed by atoms with Gasteiger partial charge in [-0.05, 0) is 47.2 Å². The molecular weight excluding hydrogens is 359 g/mol. The van der Waals surface area contributed by atoms with E-state index in [9.17, 15) is 14.7 Å². The van der Waals surface area contributed by atoms with Gasteiger partial charge in [0.25, 0.3) is 0 Å². The minimum atomic E-state index is -0.525. The molecule has 1 atom stereocenters. The van der Waals surface area contributed by atoms with Crippen LogP contribution in [0.15, 0.2) is 24.4 Å². The third-order valence-corrected chi connectivity index (χ3v) is 3.99. The summed E-state index contributed by atoms with van der Waals surface area (Å²) in [6.45, 7) is 0. The lowest BCUT2D eigenvalue weighted by Crippen LogP contribution is -2.41. The van der Waals surface area contributed by atoms with Crippen molar-refractivity contribution in [3.63, 3.8) is 0 Å². The fourth-order valence-corrected chi connectivity index (χ4v) is 2.89. The number of rotatable bonds is 1. The molecule has 0 bridgehead atoms. The first-order valence-corrected chi connectivity index (χ1v) is 6.97. The lowest BCUT2D eigenvalue weighted by Gasteiger charge is -2.22. The van der Waals surface area contributed by atoms with Gasteiger partial charge < -0.3 is 9.67 Å². The van der Waals surface area contributed by atoms with Gasteiger partial charge in [-0.1, -0.05) is 0 Å². The summed E-state index contributed by atoms with van der Waals surface area (Å²) in [5, 5.41) is 14.1. The van der Waals surface area contributed by atoms with Gasteiger partial charge in [0.15, 0.2) is 5.88 Å². The van der Waals surface area contributed by atoms with E-state index in [0.29, 0.717) is 18.2 Å². The van der Waals surface area contributed by atoms with Gasteiger partial charge in [-0.25, -0.2) is 0 Å². The lowest BCUT2D eigenvalue weighted by molar-refractivity contribution is -0.135. The highest BCUT2D eigenvalue weighted by Gasteiger charge is 2.29. The number of halogens is 1. The maximum atomic E-state index is 11.8. The molecule has 0 spiro atoms. The normalized spacial score (nSPS) is 19.7. The average Bonchev–Trinajstić information content (AvgIpc) is 2.66. The second-order valence-corrected chi connectivity index (χ2v) is 5.80. The molecule has 0 aliphatic carbocycles. The van der Waals surface area contributed by atoms with Gasteiger partial charge in [-0.2, -0.15) is 0 Å². The smallest absolute Gasteiger partial charge is 0.249 e. The number of hydrogen-bond acceptors (Lipinski definition) is 3. The molecule has 0 saturated carbocycles. The summed E-state index contributed by atoms with van der Waals surface area (Å²) in [6.07, 6.45) is 2.46. The fraction of sp³-hybridized carbons (Fsp3) is 0.231. The second-order valence-electron chi connectivity index (χ2n) is 4.56. The number of nitrogens with zero attached hydrogens (tertiary/aromatic N) is 1. The van der Waals surface area contributed by atoms with Gasteiger partial charge in [0, 0.05) is 27.0 Å². The van der Waals surface area contributed by atoms with Crippen molar-refractivity contribution < 1.29 is 14.7 Å². The van der Waals surface area contributed by atoms with E-state index in [1.165, 1.54) is 0 Å². The van der Waals surface area contributed by atoms with Crippen molar-refractivity contribution in [3.05, 3.63) is 28.0 Å². The summed E-state index contributed by atoms with van der Waals surface area (Å²) in [4.78, 5) is 23.0. The Bertz CT molecular complexity index is 692. The molecule has 2 amide bonds. The lowest BCUT2D eigenvalue weighted by atomic mass is 10.1. The van der Waals surface area contributed by atoms with Crippen molar-refractivity contribution in [2.24, 2.45) is 0 Å². The van der Waals surface area contributed by atoms with Gasteiger partial charge in [-0.15, -0.1) is 0 Å². The highest BCUT2D eigenvalue weighted by molar-refractivity contribution is 14.1. The molecule has 1 aliphatic heterocycles. The number of nitrogens with one attached hydrogen (secondary N) is 1. The number of amides is 2. The van der Waals surface area contributed by atoms with Gasteiger partial charge in [0.1, 0.15) is 6.04 Å². The maximum Gasteiger partial charge on any atom is 0.249 e. The van der Waals surface area contributed by atoms with E-state index in [4.69, 9.17) is 0 Å². The maximum absolute atomic E-state index is 11.8. The molecule has 1 aliphatic rings. The molecule has 19 heavy (non-hydrogen) atoms. The van der Waals surface area contributed by atoms with E-state index in [-0.39, 0.29) is 17.7 Å². The first kappa shape index (κ1) is 12.5. The van der Waals surface area contributed by atoms with Crippen LogP contribution in [0.1, 0.15) is 18.9 Å². The number of hydrogen-bond donors (Lipinski definition) is 2. The summed E-state index contributed by atoms with van der Waals surface area (Å²) in [6, 6.07) is 5.15. The Balaban J connectivity index is 2.07. The van der Waals surface area contributed by atoms with E-state index < -0.39 is 6.04 Å². The molecule has 1 aromatic carbocycles. The van der Waals surface area contributed by atoms with Crippen LogP contribution in [-0.4, -0.2) is 21.5 Å². The van der Waals surface area contributed by atoms with Crippen molar-refractivity contribution in [1.82, 2.24) is 9.88 Å². The number of aromatic nitrogens is 1. The van der Waals surface area contributed by atoms with Crippen LogP contribution in [0.25, 0.3) is 10.8 Å². The Morgan fingerprint density at radius 3 is 2.89 bits per heavy atom. The molecule has 2 N–H and O–H groups in total. The Morgan fingerprint density at radius 1 is 1.37 bits per heavy atom. The summed E-state index contributed by atoms with van der Waals surface area (Å²) in [5.74, 6) is -0.547. The molecule has 5 nitrogen and oxygen atoms in total. The largest absolute Gasteiger partial charge is 0.494 e. The Labute approximate surface area is 122 Å². The Morgan fingerprint density at radius 2 is 2.16 bits per heavy atom. The van der Waals surface area contributed by atoms with Crippen LogP contribution in [0.5, 0.6) is 5.88 Å². The second kappa shape index (κ2) is 4.52. The fourth-order valence-electron chi connectivity index (χ4n) is 2.38. The standard InChI is InChI=1S/C13H11IN2O3/c14-8-1-2-9-7(5-8)6-16(13(9)19)10-3-4-11(17)15-12(10)18/h1-2,5-6,10,19H,3-4H2,(H,15,17,18). The van der Waals surface area contributed by atoms with Crippen molar-refractivity contribution in [2.75, 3.05) is 0 Å². The highest BCUT2D eigenvalue weighted by Crippen LogP contribution is 2.33. The number of carbonyl (C=O) groups is 2. The molecule has 2 aromatic rings. The predicted molar refractivity (Wildman–Crippen MR) is 77.7 cm³/mol. The van der Waals surface area contributed by atoms with Crippen molar-refractivity contribution in [2.45, 2.75) is 18.9 Å². The molecule has 98 valence electrons. The number of carbonyl (C=O) groups excluding carboxylic acids is 2. The minimum Gasteiger partial charge on any atom is -0.494 e. The third-order valence-electron chi connectivity index (χ3n) is 3.32. The van der Waals surface area contributed by atoms with E-state index in [1.54, 1.807) is 10.8 Å². The monoisotopic (exact) mass is 370 g/mol. The molecule has 1 unspecified atom stereocenters. The zero-order chi connectivity index (χ0) is 13.6. The van der Waals surface area contributed by atoms with Crippen LogP contribution < -0.4 is 5.32 Å². The van der Waals surface area contributed by atoms with Gasteiger partial charge in [-0.3, -0.25) is 14.9 Å². The first-order valence-electron chi connectivity index (χ1n) is 5.89. The molecule has 1 fully saturated rings. The summed E-state index contributed by atoms with van der Waals surface area (Å²) in [7, 11) is 0. The summed E-state index contributed by atoms with van der Waals surface area (Å²) >= 11 is 2.20. The van der Waals surface area contributed by atoms with E-state index >= 15 is 0 Å². The van der Waals surface area contributed by atoms with Crippen LogP contribution >= 0.6 is 22.6 Å². The molecule has 3 rings (SSSR count). The molecule has 1 aromatic heterocycles. The number of benzene rings is 1.